The second-order valence-electron chi connectivity index (χ2n) is 7.21. The molecule has 0 saturated carbocycles. The van der Waals surface area contributed by atoms with Crippen LogP contribution in [0.4, 0.5) is 4.79 Å². The van der Waals surface area contributed by atoms with E-state index < -0.39 is 18.0 Å². The van der Waals surface area contributed by atoms with Gasteiger partial charge in [0.15, 0.2) is 0 Å². The summed E-state index contributed by atoms with van der Waals surface area (Å²) in [5, 5.41) is 15.3. The van der Waals surface area contributed by atoms with E-state index in [9.17, 15) is 19.5 Å². The zero-order chi connectivity index (χ0) is 20.1. The minimum atomic E-state index is -1.13. The first-order chi connectivity index (χ1) is 13.5. The van der Waals surface area contributed by atoms with Crippen molar-refractivity contribution in [2.24, 2.45) is 0 Å². The lowest BCUT2D eigenvalue weighted by atomic mass is 10.0. The number of aliphatic carboxylic acids is 1. The lowest BCUT2D eigenvalue weighted by Crippen LogP contribution is -2.51. The maximum absolute atomic E-state index is 12.3. The summed E-state index contributed by atoms with van der Waals surface area (Å²) >= 11 is 0. The Bertz CT molecular complexity index is 863. The Morgan fingerprint density at radius 2 is 2.07 bits per heavy atom. The van der Waals surface area contributed by atoms with Gasteiger partial charge in [-0.1, -0.05) is 18.2 Å². The summed E-state index contributed by atoms with van der Waals surface area (Å²) in [7, 11) is 0. The number of fused-ring (bicyclic) bond motifs is 1. The van der Waals surface area contributed by atoms with Crippen LogP contribution in [0.25, 0.3) is 10.9 Å². The van der Waals surface area contributed by atoms with Gasteiger partial charge in [-0.3, -0.25) is 4.79 Å². The number of para-hydroxylation sites is 1. The monoisotopic (exact) mass is 386 g/mol. The number of carbonyl (C=O) groups excluding carboxylic acids is 2. The predicted octanol–water partition coefficient (Wildman–Crippen LogP) is 1.86. The average molecular weight is 386 g/mol. The van der Waals surface area contributed by atoms with Gasteiger partial charge >= 0.3 is 12.0 Å². The molecule has 8 heteroatoms. The van der Waals surface area contributed by atoms with Crippen LogP contribution in [-0.2, 0) is 16.0 Å². The SMILES string of the molecule is C[C@@H]1CCCCN1C(=O)CNC(=O)N[C@H](Cc1c[nH]c2ccccc12)C(=O)O. The van der Waals surface area contributed by atoms with Crippen molar-refractivity contribution in [2.45, 2.75) is 44.7 Å². The molecule has 150 valence electrons. The minimum absolute atomic E-state index is 0.143. The van der Waals surface area contributed by atoms with Gasteiger partial charge in [0.25, 0.3) is 0 Å². The van der Waals surface area contributed by atoms with Crippen LogP contribution in [-0.4, -0.2) is 58.1 Å². The summed E-state index contributed by atoms with van der Waals surface area (Å²) < 4.78 is 0. The molecule has 1 aliphatic heterocycles. The fourth-order valence-electron chi connectivity index (χ4n) is 3.66. The molecule has 0 radical (unpaired) electrons. The molecule has 3 amide bonds. The first kappa shape index (κ1) is 19.7. The molecule has 0 bridgehead atoms. The smallest absolute Gasteiger partial charge is 0.326 e. The molecular weight excluding hydrogens is 360 g/mol. The van der Waals surface area contributed by atoms with E-state index in [1.807, 2.05) is 31.2 Å². The van der Waals surface area contributed by atoms with Crippen LogP contribution in [0.15, 0.2) is 30.5 Å². The minimum Gasteiger partial charge on any atom is -0.480 e. The second-order valence-corrected chi connectivity index (χ2v) is 7.21. The molecule has 1 fully saturated rings. The Labute approximate surface area is 163 Å². The number of amides is 3. The number of benzene rings is 1. The summed E-state index contributed by atoms with van der Waals surface area (Å²) in [6.07, 6.45) is 4.93. The number of aromatic nitrogens is 1. The van der Waals surface area contributed by atoms with E-state index in [4.69, 9.17) is 0 Å². The molecule has 1 saturated heterocycles. The highest BCUT2D eigenvalue weighted by Gasteiger charge is 2.25. The van der Waals surface area contributed by atoms with Gasteiger partial charge in [-0.15, -0.1) is 0 Å². The Kier molecular flexibility index (Phi) is 6.18. The number of nitrogens with one attached hydrogen (secondary N) is 3. The van der Waals surface area contributed by atoms with Gasteiger partial charge in [-0.2, -0.15) is 0 Å². The van der Waals surface area contributed by atoms with Crippen LogP contribution < -0.4 is 10.6 Å². The van der Waals surface area contributed by atoms with Gasteiger partial charge in [0.05, 0.1) is 6.54 Å². The van der Waals surface area contributed by atoms with Crippen molar-refractivity contribution in [2.75, 3.05) is 13.1 Å². The molecule has 28 heavy (non-hydrogen) atoms. The summed E-state index contributed by atoms with van der Waals surface area (Å²) in [5.41, 5.74) is 1.72. The molecule has 1 aromatic heterocycles. The first-order valence-corrected chi connectivity index (χ1v) is 9.57. The molecule has 8 nitrogen and oxygen atoms in total. The maximum Gasteiger partial charge on any atom is 0.326 e. The van der Waals surface area contributed by atoms with E-state index in [0.717, 1.165) is 35.7 Å². The molecule has 3 rings (SSSR count). The van der Waals surface area contributed by atoms with Crippen LogP contribution in [0.1, 0.15) is 31.7 Å². The number of H-pyrrole nitrogens is 1. The highest BCUT2D eigenvalue weighted by molar-refractivity contribution is 5.88. The van der Waals surface area contributed by atoms with E-state index in [-0.39, 0.29) is 24.9 Å². The zero-order valence-corrected chi connectivity index (χ0v) is 15.9. The highest BCUT2D eigenvalue weighted by Crippen LogP contribution is 2.19. The van der Waals surface area contributed by atoms with Crippen LogP contribution in [0, 0.1) is 0 Å². The van der Waals surface area contributed by atoms with Gasteiger partial charge in [0, 0.05) is 36.1 Å². The van der Waals surface area contributed by atoms with Crippen molar-refractivity contribution in [3.63, 3.8) is 0 Å². The molecule has 4 N–H and O–H groups in total. The molecule has 1 aliphatic rings. The normalized spacial score (nSPS) is 17.9. The van der Waals surface area contributed by atoms with Gasteiger partial charge in [0.1, 0.15) is 6.04 Å². The number of likely N-dealkylation sites (tertiary alicyclic amines) is 1. The number of nitrogens with zero attached hydrogens (tertiary/aromatic N) is 1. The lowest BCUT2D eigenvalue weighted by Gasteiger charge is -2.33. The average Bonchev–Trinajstić information content (AvgIpc) is 3.09. The van der Waals surface area contributed by atoms with Gasteiger partial charge in [0.2, 0.25) is 5.91 Å². The second kappa shape index (κ2) is 8.77. The Hall–Kier alpha value is -3.03. The number of piperidine rings is 1. The van der Waals surface area contributed by atoms with Crippen LogP contribution in [0.2, 0.25) is 0 Å². The van der Waals surface area contributed by atoms with Crippen molar-refractivity contribution < 1.29 is 19.5 Å². The third-order valence-corrected chi connectivity index (χ3v) is 5.23. The number of carboxylic acids is 1. The van der Waals surface area contributed by atoms with Crippen molar-refractivity contribution in [1.82, 2.24) is 20.5 Å². The van der Waals surface area contributed by atoms with E-state index >= 15 is 0 Å². The molecule has 1 aromatic carbocycles. The predicted molar refractivity (Wildman–Crippen MR) is 105 cm³/mol. The standard InChI is InChI=1S/C20H26N4O4/c1-13-6-4-5-9-24(13)18(25)12-22-20(28)23-17(19(26)27)10-14-11-21-16-8-3-2-7-15(14)16/h2-3,7-8,11,13,17,21H,4-6,9-10,12H2,1H3,(H,26,27)(H2,22,23,28)/t13-,17-/m1/s1. The summed E-state index contributed by atoms with van der Waals surface area (Å²) in [6, 6.07) is 5.99. The van der Waals surface area contributed by atoms with E-state index in [1.165, 1.54) is 0 Å². The summed E-state index contributed by atoms with van der Waals surface area (Å²) in [5.74, 6) is -1.28. The number of carboxylic acid groups (broad SMARTS) is 1. The van der Waals surface area contributed by atoms with E-state index in [2.05, 4.69) is 15.6 Å². The molecule has 2 heterocycles. The molecule has 2 aromatic rings. The number of carbonyl (C=O) groups is 3. The van der Waals surface area contributed by atoms with Crippen LogP contribution >= 0.6 is 0 Å². The summed E-state index contributed by atoms with van der Waals surface area (Å²) in [6.45, 7) is 2.55. The van der Waals surface area contributed by atoms with Crippen molar-refractivity contribution in [3.8, 4) is 0 Å². The van der Waals surface area contributed by atoms with Crippen molar-refractivity contribution in [1.29, 1.82) is 0 Å². The Morgan fingerprint density at radius 1 is 1.29 bits per heavy atom. The maximum atomic E-state index is 12.3. The van der Waals surface area contributed by atoms with Crippen LogP contribution in [0.3, 0.4) is 0 Å². The molecule has 0 unspecified atom stereocenters. The highest BCUT2D eigenvalue weighted by atomic mass is 16.4. The van der Waals surface area contributed by atoms with Gasteiger partial charge in [-0.05, 0) is 37.8 Å². The van der Waals surface area contributed by atoms with Gasteiger partial charge < -0.3 is 25.6 Å². The Balaban J connectivity index is 1.56. The molecular formula is C20H26N4O4. The Morgan fingerprint density at radius 3 is 2.82 bits per heavy atom. The number of hydrogen-bond donors (Lipinski definition) is 4. The third kappa shape index (κ3) is 4.62. The van der Waals surface area contributed by atoms with Crippen LogP contribution in [0.5, 0.6) is 0 Å². The number of rotatable bonds is 6. The number of urea groups is 1. The van der Waals surface area contributed by atoms with Crippen molar-refractivity contribution in [3.05, 3.63) is 36.0 Å². The molecule has 0 spiro atoms. The van der Waals surface area contributed by atoms with E-state index in [0.29, 0.717) is 6.54 Å². The van der Waals surface area contributed by atoms with E-state index in [1.54, 1.807) is 11.1 Å². The fraction of sp³-hybridized carbons (Fsp3) is 0.450. The number of hydrogen-bond acceptors (Lipinski definition) is 3. The van der Waals surface area contributed by atoms with Crippen molar-refractivity contribution >= 4 is 28.8 Å². The number of aromatic amines is 1. The fourth-order valence-corrected chi connectivity index (χ4v) is 3.66. The molecule has 2 atom stereocenters. The third-order valence-electron chi connectivity index (χ3n) is 5.23. The lowest BCUT2D eigenvalue weighted by molar-refractivity contribution is -0.139. The quantitative estimate of drug-likeness (QED) is 0.607. The largest absolute Gasteiger partial charge is 0.480 e. The first-order valence-electron chi connectivity index (χ1n) is 9.57. The topological polar surface area (TPSA) is 115 Å². The van der Waals surface area contributed by atoms with Gasteiger partial charge in [-0.25, -0.2) is 9.59 Å². The zero-order valence-electron chi connectivity index (χ0n) is 15.9. The summed E-state index contributed by atoms with van der Waals surface area (Å²) in [4.78, 5) is 40.9. The molecule has 0 aliphatic carbocycles.